The van der Waals surface area contributed by atoms with Gasteiger partial charge in [-0.3, -0.25) is 9.69 Å². The van der Waals surface area contributed by atoms with Crippen LogP contribution in [0.25, 0.3) is 0 Å². The van der Waals surface area contributed by atoms with Crippen molar-refractivity contribution in [3.8, 4) is 11.5 Å². The first-order chi connectivity index (χ1) is 13.4. The zero-order chi connectivity index (χ0) is 19.3. The molecular formula is C23H28FNO3. The number of nitrogens with zero attached hydrogens (tertiary/aromatic N) is 1. The third-order valence-corrected chi connectivity index (χ3v) is 8.50. The summed E-state index contributed by atoms with van der Waals surface area (Å²) in [4.78, 5) is 14.3. The molecule has 1 saturated heterocycles. The van der Waals surface area contributed by atoms with Crippen LogP contribution in [-0.4, -0.2) is 42.3 Å². The first kappa shape index (κ1) is 17.3. The highest BCUT2D eigenvalue weighted by Crippen LogP contribution is 2.69. The first-order valence-corrected chi connectivity index (χ1v) is 10.8. The number of carbonyl (C=O) groups is 1. The summed E-state index contributed by atoms with van der Waals surface area (Å²) in [5, 5.41) is 0. The molecule has 4 nitrogen and oxygen atoms in total. The van der Waals surface area contributed by atoms with Gasteiger partial charge in [-0.2, -0.15) is 0 Å². The molecule has 3 unspecified atom stereocenters. The maximum absolute atomic E-state index is 15.3. The van der Waals surface area contributed by atoms with E-state index in [2.05, 4.69) is 17.9 Å². The van der Waals surface area contributed by atoms with Gasteiger partial charge in [0, 0.05) is 30.5 Å². The molecule has 6 rings (SSSR count). The molecule has 0 radical (unpaired) electrons. The number of piperidine rings is 1. The number of alkyl halides is 1. The van der Waals surface area contributed by atoms with Gasteiger partial charge in [0.25, 0.3) is 0 Å². The molecule has 2 aliphatic heterocycles. The Kier molecular flexibility index (Phi) is 3.39. The van der Waals surface area contributed by atoms with Crippen molar-refractivity contribution >= 4 is 5.97 Å². The minimum atomic E-state index is -0.966. The Hall–Kier alpha value is -1.62. The molecule has 28 heavy (non-hydrogen) atoms. The van der Waals surface area contributed by atoms with Gasteiger partial charge in [0.1, 0.15) is 12.3 Å². The van der Waals surface area contributed by atoms with Crippen LogP contribution in [0.2, 0.25) is 0 Å². The van der Waals surface area contributed by atoms with Gasteiger partial charge < -0.3 is 9.47 Å². The molecule has 150 valence electrons. The van der Waals surface area contributed by atoms with Crippen molar-refractivity contribution in [2.24, 2.45) is 11.3 Å². The summed E-state index contributed by atoms with van der Waals surface area (Å²) in [5.41, 5.74) is 2.13. The summed E-state index contributed by atoms with van der Waals surface area (Å²) in [6, 6.07) is 4.39. The highest BCUT2D eigenvalue weighted by molar-refractivity contribution is 5.72. The number of rotatable bonds is 3. The van der Waals surface area contributed by atoms with Crippen molar-refractivity contribution in [2.75, 3.05) is 13.1 Å². The van der Waals surface area contributed by atoms with E-state index >= 15 is 4.39 Å². The van der Waals surface area contributed by atoms with E-state index in [0.29, 0.717) is 24.0 Å². The van der Waals surface area contributed by atoms with E-state index < -0.39 is 12.3 Å². The van der Waals surface area contributed by atoms with E-state index in [0.717, 1.165) is 37.3 Å². The second kappa shape index (κ2) is 5.50. The van der Waals surface area contributed by atoms with Crippen LogP contribution in [0.5, 0.6) is 11.5 Å². The number of ether oxygens (including phenoxy) is 2. The molecule has 1 aromatic carbocycles. The van der Waals surface area contributed by atoms with Crippen LogP contribution in [0.4, 0.5) is 4.39 Å². The standard InChI is InChI=1S/C23H28FNO3/c1-13(26)27-17-6-5-15-11-18-22(2)8-7-16(24)21-23(22,19(15)20(17)28-21)9-10-25(18)12-14-3-4-14/h5-6,14,16,18,21H,3-4,7-12H2,1-2H3/t16-,18?,21?,22+,23?/m1/s1/i12-1,24-1. The lowest BCUT2D eigenvalue weighted by Crippen LogP contribution is -2.71. The highest BCUT2D eigenvalue weighted by atomic mass is 18.2. The smallest absolute Gasteiger partial charge is 0.308 e. The van der Waals surface area contributed by atoms with Gasteiger partial charge in [0.15, 0.2) is 11.5 Å². The SMILES string of the molecule is CC(=O)Oc1ccc2c3c1OC1[C@H]([18F])CC[C@@]4(C)C(C2)N([11CH2]C2CC2)CCC314. The third-order valence-electron chi connectivity index (χ3n) is 8.50. The zero-order valence-corrected chi connectivity index (χ0v) is 16.7. The lowest BCUT2D eigenvalue weighted by molar-refractivity contribution is -0.138. The van der Waals surface area contributed by atoms with Crippen LogP contribution in [0, 0.1) is 11.3 Å². The number of likely N-dealkylation sites (tertiary alicyclic amines) is 1. The molecule has 3 aliphatic carbocycles. The lowest BCUT2D eigenvalue weighted by Gasteiger charge is -2.65. The Morgan fingerprint density at radius 1 is 1.32 bits per heavy atom. The summed E-state index contributed by atoms with van der Waals surface area (Å²) in [6.07, 6.45) is 4.67. The Morgan fingerprint density at radius 2 is 2.14 bits per heavy atom. The van der Waals surface area contributed by atoms with Crippen LogP contribution in [0.15, 0.2) is 12.1 Å². The number of benzene rings is 1. The molecular weight excluding hydrogens is 355 g/mol. The summed E-state index contributed by atoms with van der Waals surface area (Å²) in [6.45, 7) is 5.99. The molecule has 0 N–H and O–H groups in total. The summed E-state index contributed by atoms with van der Waals surface area (Å²) >= 11 is 0. The van der Waals surface area contributed by atoms with E-state index in [1.807, 2.05) is 6.07 Å². The number of hydrogen-bond acceptors (Lipinski definition) is 4. The largest absolute Gasteiger partial charge is 0.482 e. The van der Waals surface area contributed by atoms with E-state index in [4.69, 9.17) is 9.47 Å². The highest BCUT2D eigenvalue weighted by Gasteiger charge is 2.71. The Labute approximate surface area is 165 Å². The van der Waals surface area contributed by atoms with Gasteiger partial charge in [0.05, 0.1) is 0 Å². The van der Waals surface area contributed by atoms with Crippen molar-refractivity contribution in [3.63, 3.8) is 0 Å². The monoisotopic (exact) mass is 383 g/mol. The normalized spacial score (nSPS) is 40.6. The molecule has 5 atom stereocenters. The van der Waals surface area contributed by atoms with Gasteiger partial charge in [-0.25, -0.2) is 4.39 Å². The molecule has 0 amide bonds. The van der Waals surface area contributed by atoms with Crippen LogP contribution in [-0.2, 0) is 16.6 Å². The molecule has 3 fully saturated rings. The fourth-order valence-electron chi connectivity index (χ4n) is 7.10. The second-order valence-electron chi connectivity index (χ2n) is 9.91. The predicted octanol–water partition coefficient (Wildman–Crippen LogP) is 3.79. The fraction of sp³-hybridized carbons (Fsp3) is 0.696. The zero-order valence-electron chi connectivity index (χ0n) is 16.7. The average molecular weight is 383 g/mol. The summed E-state index contributed by atoms with van der Waals surface area (Å²) < 4.78 is 27.1. The molecule has 1 spiro atoms. The predicted molar refractivity (Wildman–Crippen MR) is 102 cm³/mol. The Morgan fingerprint density at radius 3 is 2.89 bits per heavy atom. The molecule has 5 aliphatic rings. The molecule has 1 aromatic rings. The van der Waals surface area contributed by atoms with Crippen molar-refractivity contribution in [1.82, 2.24) is 4.90 Å². The number of esters is 1. The quantitative estimate of drug-likeness (QED) is 0.588. The molecule has 5 heteroatoms. The topological polar surface area (TPSA) is 38.8 Å². The summed E-state index contributed by atoms with van der Waals surface area (Å²) in [5.74, 6) is 1.60. The van der Waals surface area contributed by atoms with Gasteiger partial charge >= 0.3 is 5.97 Å². The van der Waals surface area contributed by atoms with Crippen LogP contribution < -0.4 is 9.47 Å². The molecule has 0 aromatic heterocycles. The van der Waals surface area contributed by atoms with E-state index in [9.17, 15) is 4.79 Å². The molecule has 2 bridgehead atoms. The average Bonchev–Trinajstić information content (AvgIpc) is 3.38. The summed E-state index contributed by atoms with van der Waals surface area (Å²) in [7, 11) is 0. The number of hydrogen-bond donors (Lipinski definition) is 0. The first-order valence-electron chi connectivity index (χ1n) is 10.8. The molecule has 2 saturated carbocycles. The van der Waals surface area contributed by atoms with Crippen molar-refractivity contribution in [2.45, 2.75) is 76.1 Å². The van der Waals surface area contributed by atoms with Crippen molar-refractivity contribution in [1.29, 1.82) is 0 Å². The van der Waals surface area contributed by atoms with Crippen LogP contribution >= 0.6 is 0 Å². The van der Waals surface area contributed by atoms with Gasteiger partial charge in [-0.1, -0.05) is 13.0 Å². The van der Waals surface area contributed by atoms with E-state index in [-0.39, 0.29) is 16.8 Å². The Bertz CT molecular complexity index is 868. The third kappa shape index (κ3) is 2.01. The van der Waals surface area contributed by atoms with Crippen molar-refractivity contribution < 1.29 is 18.7 Å². The number of carbonyl (C=O) groups excluding carboxylic acids is 1. The maximum Gasteiger partial charge on any atom is 0.308 e. The number of halogens is 1. The fourth-order valence-corrected chi connectivity index (χ4v) is 7.10. The minimum absolute atomic E-state index is 0.000490. The van der Waals surface area contributed by atoms with Gasteiger partial charge in [0.2, 0.25) is 0 Å². The Balaban J connectivity index is 1.53. The van der Waals surface area contributed by atoms with E-state index in [1.165, 1.54) is 31.9 Å². The second-order valence-corrected chi connectivity index (χ2v) is 9.91. The maximum atomic E-state index is 15.3. The lowest BCUT2D eigenvalue weighted by atomic mass is 9.43. The van der Waals surface area contributed by atoms with E-state index in [1.54, 1.807) is 0 Å². The molecule has 2 heterocycles. The van der Waals surface area contributed by atoms with Gasteiger partial charge in [-0.05, 0) is 68.0 Å². The van der Waals surface area contributed by atoms with Crippen molar-refractivity contribution in [3.05, 3.63) is 23.3 Å². The van der Waals surface area contributed by atoms with Crippen LogP contribution in [0.1, 0.15) is 57.1 Å². The van der Waals surface area contributed by atoms with Crippen LogP contribution in [0.3, 0.4) is 0 Å². The van der Waals surface area contributed by atoms with Gasteiger partial charge in [-0.15, -0.1) is 0 Å². The minimum Gasteiger partial charge on any atom is -0.482 e.